The number of carbonyl (C=O) groups excluding carboxylic acids is 1. The quantitative estimate of drug-likeness (QED) is 0.684. The van der Waals surface area contributed by atoms with E-state index in [1.54, 1.807) is 0 Å². The number of nitrogens with two attached hydrogens (primary N) is 1. The molecule has 2 saturated carbocycles. The first-order chi connectivity index (χ1) is 8.10. The molecular weight excluding hydrogens is 216 g/mol. The lowest BCUT2D eigenvalue weighted by Gasteiger charge is -2.40. The number of rotatable bonds is 4. The van der Waals surface area contributed by atoms with Crippen LogP contribution in [0.25, 0.3) is 0 Å². The Hall–Kier alpha value is -0.610. The van der Waals surface area contributed by atoms with E-state index in [-0.39, 0.29) is 11.3 Å². The van der Waals surface area contributed by atoms with Crippen LogP contribution in [0.4, 0.5) is 0 Å². The van der Waals surface area contributed by atoms with Crippen LogP contribution in [0, 0.1) is 5.41 Å². The number of carbonyl (C=O) groups is 1. The summed E-state index contributed by atoms with van der Waals surface area (Å²) < 4.78 is 0. The number of hydrogen-bond acceptors (Lipinski definition) is 3. The van der Waals surface area contributed by atoms with Crippen LogP contribution in [0.2, 0.25) is 0 Å². The van der Waals surface area contributed by atoms with Gasteiger partial charge in [-0.25, -0.2) is 0 Å². The second-order valence-electron chi connectivity index (χ2n) is 5.81. The van der Waals surface area contributed by atoms with E-state index in [1.807, 2.05) is 0 Å². The predicted molar refractivity (Wildman–Crippen MR) is 66.4 cm³/mol. The molecule has 2 aliphatic carbocycles. The number of aliphatic hydroxyl groups is 1. The van der Waals surface area contributed by atoms with Crippen molar-refractivity contribution in [3.8, 4) is 0 Å². The molecule has 4 N–H and O–H groups in total. The highest BCUT2D eigenvalue weighted by atomic mass is 16.3. The van der Waals surface area contributed by atoms with Gasteiger partial charge < -0.3 is 16.2 Å². The molecule has 0 atom stereocenters. The zero-order valence-electron chi connectivity index (χ0n) is 10.5. The maximum absolute atomic E-state index is 12.1. The average Bonchev–Trinajstić information content (AvgIpc) is 2.27. The molecule has 2 rings (SSSR count). The summed E-state index contributed by atoms with van der Waals surface area (Å²) in [5.41, 5.74) is 4.69. The van der Waals surface area contributed by atoms with E-state index in [0.29, 0.717) is 13.1 Å². The minimum atomic E-state index is -0.673. The van der Waals surface area contributed by atoms with Gasteiger partial charge in [0.1, 0.15) is 0 Å². The van der Waals surface area contributed by atoms with Gasteiger partial charge in [-0.05, 0) is 25.7 Å². The second-order valence-corrected chi connectivity index (χ2v) is 5.81. The van der Waals surface area contributed by atoms with E-state index in [1.165, 1.54) is 6.42 Å². The highest BCUT2D eigenvalue weighted by molar-refractivity contribution is 5.83. The maximum Gasteiger partial charge on any atom is 0.227 e. The largest absolute Gasteiger partial charge is 0.388 e. The van der Waals surface area contributed by atoms with Gasteiger partial charge in [0.15, 0.2) is 0 Å². The normalized spacial score (nSPS) is 26.0. The summed E-state index contributed by atoms with van der Waals surface area (Å²) >= 11 is 0. The van der Waals surface area contributed by atoms with Gasteiger partial charge in [-0.15, -0.1) is 0 Å². The third-order valence-electron chi connectivity index (χ3n) is 4.55. The Bertz CT molecular complexity index is 276. The van der Waals surface area contributed by atoms with Crippen molar-refractivity contribution in [2.75, 3.05) is 13.1 Å². The van der Waals surface area contributed by atoms with Crippen molar-refractivity contribution in [2.24, 2.45) is 11.1 Å². The van der Waals surface area contributed by atoms with E-state index >= 15 is 0 Å². The molecule has 0 aliphatic heterocycles. The van der Waals surface area contributed by atoms with E-state index in [0.717, 1.165) is 44.9 Å². The van der Waals surface area contributed by atoms with Crippen molar-refractivity contribution in [3.05, 3.63) is 0 Å². The van der Waals surface area contributed by atoms with Crippen LogP contribution in [-0.4, -0.2) is 29.7 Å². The summed E-state index contributed by atoms with van der Waals surface area (Å²) in [5.74, 6) is 0.0465. The second kappa shape index (κ2) is 4.94. The minimum Gasteiger partial charge on any atom is -0.388 e. The highest BCUT2D eigenvalue weighted by Gasteiger charge is 2.43. The third-order valence-corrected chi connectivity index (χ3v) is 4.55. The number of nitrogens with one attached hydrogen (secondary N) is 1. The van der Waals surface area contributed by atoms with E-state index in [9.17, 15) is 9.90 Å². The summed E-state index contributed by atoms with van der Waals surface area (Å²) in [5, 5.41) is 13.2. The number of amides is 1. The first kappa shape index (κ1) is 12.8. The molecule has 98 valence electrons. The Morgan fingerprint density at radius 2 is 1.76 bits per heavy atom. The fourth-order valence-corrected chi connectivity index (χ4v) is 2.95. The molecule has 2 aliphatic rings. The smallest absolute Gasteiger partial charge is 0.227 e. The van der Waals surface area contributed by atoms with Crippen molar-refractivity contribution < 1.29 is 9.90 Å². The fourth-order valence-electron chi connectivity index (χ4n) is 2.95. The molecule has 4 heteroatoms. The Labute approximate surface area is 103 Å². The van der Waals surface area contributed by atoms with Crippen molar-refractivity contribution in [3.63, 3.8) is 0 Å². The van der Waals surface area contributed by atoms with Gasteiger partial charge >= 0.3 is 0 Å². The first-order valence-electron chi connectivity index (χ1n) is 6.81. The van der Waals surface area contributed by atoms with E-state index < -0.39 is 5.60 Å². The molecule has 0 bridgehead atoms. The Balaban J connectivity index is 1.83. The fraction of sp³-hybridized carbons (Fsp3) is 0.923. The molecule has 2 fully saturated rings. The average molecular weight is 240 g/mol. The maximum atomic E-state index is 12.1. The van der Waals surface area contributed by atoms with Crippen LogP contribution >= 0.6 is 0 Å². The molecule has 4 nitrogen and oxygen atoms in total. The topological polar surface area (TPSA) is 75.4 Å². The van der Waals surface area contributed by atoms with E-state index in [4.69, 9.17) is 5.73 Å². The lowest BCUT2D eigenvalue weighted by Crippen LogP contribution is -2.54. The molecular formula is C13H24N2O2. The summed E-state index contributed by atoms with van der Waals surface area (Å²) in [7, 11) is 0. The minimum absolute atomic E-state index is 0.0465. The van der Waals surface area contributed by atoms with Gasteiger partial charge in [0, 0.05) is 13.1 Å². The van der Waals surface area contributed by atoms with Gasteiger partial charge in [-0.1, -0.05) is 25.7 Å². The molecule has 1 amide bonds. The van der Waals surface area contributed by atoms with Gasteiger partial charge in [0.2, 0.25) is 5.91 Å². The lowest BCUT2D eigenvalue weighted by molar-refractivity contribution is -0.136. The molecule has 0 aromatic heterocycles. The standard InChI is InChI=1S/C13H24N2O2/c14-9-12(5-4-6-12)11(16)15-10-13(17)7-2-1-3-8-13/h17H,1-10,14H2,(H,15,16). The number of hydrogen-bond donors (Lipinski definition) is 3. The zero-order valence-corrected chi connectivity index (χ0v) is 10.5. The van der Waals surface area contributed by atoms with Crippen LogP contribution in [0.3, 0.4) is 0 Å². The molecule has 0 aromatic rings. The monoisotopic (exact) mass is 240 g/mol. The molecule has 0 heterocycles. The molecule has 17 heavy (non-hydrogen) atoms. The van der Waals surface area contributed by atoms with Crippen LogP contribution < -0.4 is 11.1 Å². The third kappa shape index (κ3) is 2.63. The van der Waals surface area contributed by atoms with Crippen molar-refractivity contribution in [1.82, 2.24) is 5.32 Å². The van der Waals surface area contributed by atoms with E-state index in [2.05, 4.69) is 5.32 Å². The summed E-state index contributed by atoms with van der Waals surface area (Å²) in [4.78, 5) is 12.1. The summed E-state index contributed by atoms with van der Waals surface area (Å²) in [6, 6.07) is 0. The lowest BCUT2D eigenvalue weighted by atomic mass is 9.68. The Morgan fingerprint density at radius 1 is 1.12 bits per heavy atom. The first-order valence-corrected chi connectivity index (χ1v) is 6.81. The van der Waals surface area contributed by atoms with Crippen LogP contribution in [0.5, 0.6) is 0 Å². The molecule has 0 aromatic carbocycles. The van der Waals surface area contributed by atoms with Crippen LogP contribution in [0.15, 0.2) is 0 Å². The van der Waals surface area contributed by atoms with Gasteiger partial charge in [-0.3, -0.25) is 4.79 Å². The molecule has 0 radical (unpaired) electrons. The molecule has 0 spiro atoms. The van der Waals surface area contributed by atoms with Crippen LogP contribution in [-0.2, 0) is 4.79 Å². The zero-order chi connectivity index (χ0) is 12.4. The Morgan fingerprint density at radius 3 is 2.24 bits per heavy atom. The Kier molecular flexibility index (Phi) is 3.73. The van der Waals surface area contributed by atoms with Gasteiger partial charge in [0.05, 0.1) is 11.0 Å². The van der Waals surface area contributed by atoms with Crippen molar-refractivity contribution >= 4 is 5.91 Å². The van der Waals surface area contributed by atoms with Crippen molar-refractivity contribution in [2.45, 2.75) is 57.0 Å². The molecule has 0 unspecified atom stereocenters. The summed E-state index contributed by atoms with van der Waals surface area (Å²) in [6.07, 6.45) is 7.83. The summed E-state index contributed by atoms with van der Waals surface area (Å²) in [6.45, 7) is 0.824. The SMILES string of the molecule is NCC1(C(=O)NCC2(O)CCCCC2)CCC1. The molecule has 0 saturated heterocycles. The van der Waals surface area contributed by atoms with Crippen molar-refractivity contribution in [1.29, 1.82) is 0 Å². The predicted octanol–water partition coefficient (Wildman–Crippen LogP) is 0.927. The van der Waals surface area contributed by atoms with Gasteiger partial charge in [-0.2, -0.15) is 0 Å². The van der Waals surface area contributed by atoms with Crippen LogP contribution in [0.1, 0.15) is 51.4 Å². The van der Waals surface area contributed by atoms with Gasteiger partial charge in [0.25, 0.3) is 0 Å². The highest BCUT2D eigenvalue weighted by Crippen LogP contribution is 2.40.